The Morgan fingerprint density at radius 2 is 0.603 bits per heavy atom. The van der Waals surface area contributed by atoms with Gasteiger partial charge in [0.1, 0.15) is 0 Å². The number of hydrogen-bond acceptors (Lipinski definition) is 5. The summed E-state index contributed by atoms with van der Waals surface area (Å²) in [5.74, 6) is -0.0589. The zero-order valence-electron chi connectivity index (χ0n) is 52.9. The molecule has 6 heteroatoms. The lowest BCUT2D eigenvalue weighted by Gasteiger charge is -2.20. The quantitative estimate of drug-likeness (QED) is 0.0320. The van der Waals surface area contributed by atoms with Crippen molar-refractivity contribution in [2.24, 2.45) is 0 Å². The van der Waals surface area contributed by atoms with Gasteiger partial charge >= 0.3 is 5.97 Å². The Morgan fingerprint density at radius 1 is 0.346 bits per heavy atom. The van der Waals surface area contributed by atoms with Crippen LogP contribution in [0.25, 0.3) is 0 Å². The number of aliphatic hydroxyl groups is 2. The first-order valence-corrected chi connectivity index (χ1v) is 35.6. The molecule has 0 heterocycles. The second kappa shape index (κ2) is 67.8. The molecule has 0 aromatic carbocycles. The molecule has 0 aliphatic carbocycles. The van der Waals surface area contributed by atoms with Gasteiger partial charge in [-0.2, -0.15) is 0 Å². The van der Waals surface area contributed by atoms with E-state index in [0.717, 1.165) is 44.9 Å². The summed E-state index contributed by atoms with van der Waals surface area (Å²) in [6, 6.07) is -0.635. The van der Waals surface area contributed by atoms with Crippen molar-refractivity contribution in [3.05, 3.63) is 24.3 Å². The van der Waals surface area contributed by atoms with Crippen LogP contribution in [-0.4, -0.2) is 47.4 Å². The van der Waals surface area contributed by atoms with Crippen LogP contribution in [0, 0.1) is 0 Å². The molecule has 0 aromatic heterocycles. The zero-order valence-corrected chi connectivity index (χ0v) is 52.9. The van der Waals surface area contributed by atoms with Crippen LogP contribution in [0.2, 0.25) is 0 Å². The fourth-order valence-electron chi connectivity index (χ4n) is 11.3. The van der Waals surface area contributed by atoms with Gasteiger partial charge < -0.3 is 20.3 Å². The normalized spacial score (nSPS) is 12.6. The Labute approximate surface area is 488 Å². The van der Waals surface area contributed by atoms with Crippen molar-refractivity contribution in [1.29, 1.82) is 0 Å². The summed E-state index contributed by atoms with van der Waals surface area (Å²) in [7, 11) is 0. The van der Waals surface area contributed by atoms with Crippen molar-refractivity contribution in [1.82, 2.24) is 5.32 Å². The van der Waals surface area contributed by atoms with Gasteiger partial charge in [0.05, 0.1) is 25.4 Å². The van der Waals surface area contributed by atoms with Gasteiger partial charge in [0.2, 0.25) is 5.91 Å². The van der Waals surface area contributed by atoms with Crippen LogP contribution in [0.15, 0.2) is 24.3 Å². The number of carbonyl (C=O) groups excluding carboxylic acids is 2. The van der Waals surface area contributed by atoms with E-state index in [2.05, 4.69) is 31.3 Å². The number of hydrogen-bond donors (Lipinski definition) is 3. The van der Waals surface area contributed by atoms with E-state index in [9.17, 15) is 19.8 Å². The van der Waals surface area contributed by atoms with Gasteiger partial charge in [0.25, 0.3) is 0 Å². The average molecular weight is 1100 g/mol. The third-order valence-electron chi connectivity index (χ3n) is 16.7. The van der Waals surface area contributed by atoms with Crippen molar-refractivity contribution < 1.29 is 24.5 Å². The fourth-order valence-corrected chi connectivity index (χ4v) is 11.3. The van der Waals surface area contributed by atoms with Crippen molar-refractivity contribution in [3.8, 4) is 0 Å². The predicted octanol–water partition coefficient (Wildman–Crippen LogP) is 22.9. The van der Waals surface area contributed by atoms with Gasteiger partial charge in [-0.1, -0.05) is 353 Å². The summed E-state index contributed by atoms with van der Waals surface area (Å²) in [5, 5.41) is 23.3. The standard InChI is InChI=1S/C72H139NO5/c1-3-5-7-9-11-13-15-17-19-21-22-23-24-26-29-33-36-40-44-48-52-56-60-64-70(75)69(68-74)73-71(76)65-61-57-53-49-45-41-37-34-30-27-25-28-31-35-39-43-47-51-55-59-63-67-78-72(77)66-62-58-54-50-46-42-38-32-20-18-16-14-12-10-8-6-4-2/h27,30,60,64,69-70,74-75H,3-26,28-29,31-59,61-63,65-68H2,1-2H3,(H,73,76)/b30-27-,64-60+. The molecule has 0 saturated carbocycles. The minimum Gasteiger partial charge on any atom is -0.466 e. The molecule has 0 radical (unpaired) electrons. The van der Waals surface area contributed by atoms with Gasteiger partial charge in [0, 0.05) is 12.8 Å². The van der Waals surface area contributed by atoms with E-state index in [1.54, 1.807) is 6.08 Å². The molecule has 6 nitrogen and oxygen atoms in total. The number of ether oxygens (including phenoxy) is 1. The summed E-state index contributed by atoms with van der Waals surface area (Å²) in [6.45, 7) is 4.94. The minimum atomic E-state index is -0.851. The van der Waals surface area contributed by atoms with E-state index in [4.69, 9.17) is 4.74 Å². The number of nitrogens with one attached hydrogen (secondary N) is 1. The first-order valence-electron chi connectivity index (χ1n) is 35.6. The number of rotatable bonds is 67. The van der Waals surface area contributed by atoms with Gasteiger partial charge in [0.15, 0.2) is 0 Å². The van der Waals surface area contributed by atoms with Gasteiger partial charge in [-0.15, -0.1) is 0 Å². The van der Waals surface area contributed by atoms with Crippen LogP contribution in [0.4, 0.5) is 0 Å². The molecule has 1 amide bonds. The molecule has 462 valence electrons. The third kappa shape index (κ3) is 63.5. The van der Waals surface area contributed by atoms with E-state index in [1.165, 1.54) is 327 Å². The second-order valence-electron chi connectivity index (χ2n) is 24.6. The minimum absolute atomic E-state index is 0.0125. The van der Waals surface area contributed by atoms with Crippen LogP contribution < -0.4 is 5.32 Å². The maximum absolute atomic E-state index is 12.5. The monoisotopic (exact) mass is 1100 g/mol. The van der Waals surface area contributed by atoms with Crippen LogP contribution in [0.5, 0.6) is 0 Å². The average Bonchev–Trinajstić information content (AvgIpc) is 3.44. The number of amides is 1. The fraction of sp³-hybridized carbons (Fsp3) is 0.917. The van der Waals surface area contributed by atoms with Gasteiger partial charge in [-0.05, 0) is 57.8 Å². The lowest BCUT2D eigenvalue weighted by molar-refractivity contribution is -0.143. The molecular formula is C72H139NO5. The highest BCUT2D eigenvalue weighted by molar-refractivity contribution is 5.76. The SMILES string of the molecule is CCCCCCCCCCCCCCCCCCCCCCC/C=C/C(O)C(CO)NC(=O)CCCCCCCCC/C=C\CCCCCCCCCCCCOC(=O)CCCCCCCCCCCCCCCCCCC. The van der Waals surface area contributed by atoms with Crippen molar-refractivity contribution in [2.75, 3.05) is 13.2 Å². The first-order chi connectivity index (χ1) is 38.5. The number of unbranched alkanes of at least 4 members (excludes halogenated alkanes) is 54. The second-order valence-corrected chi connectivity index (χ2v) is 24.6. The Hall–Kier alpha value is -1.66. The van der Waals surface area contributed by atoms with E-state index >= 15 is 0 Å². The third-order valence-corrected chi connectivity index (χ3v) is 16.7. The Kier molecular flexibility index (Phi) is 66.4. The zero-order chi connectivity index (χ0) is 56.4. The lowest BCUT2D eigenvalue weighted by Crippen LogP contribution is -2.45. The highest BCUT2D eigenvalue weighted by Crippen LogP contribution is 2.19. The molecule has 78 heavy (non-hydrogen) atoms. The van der Waals surface area contributed by atoms with Crippen LogP contribution in [-0.2, 0) is 14.3 Å². The van der Waals surface area contributed by atoms with Gasteiger partial charge in [-0.3, -0.25) is 9.59 Å². The molecule has 0 fully saturated rings. The molecule has 0 aliphatic rings. The first kappa shape index (κ1) is 76.3. The summed E-state index contributed by atoms with van der Waals surface area (Å²) in [5.41, 5.74) is 0. The molecule has 2 unspecified atom stereocenters. The molecule has 0 aliphatic heterocycles. The predicted molar refractivity (Wildman–Crippen MR) is 343 cm³/mol. The molecule has 2 atom stereocenters. The highest BCUT2D eigenvalue weighted by atomic mass is 16.5. The molecule has 0 saturated heterocycles. The summed E-state index contributed by atoms with van der Waals surface area (Å²) in [6.07, 6.45) is 85.4. The smallest absolute Gasteiger partial charge is 0.305 e. The lowest BCUT2D eigenvalue weighted by atomic mass is 10.0. The van der Waals surface area contributed by atoms with Crippen molar-refractivity contribution >= 4 is 11.9 Å². The summed E-state index contributed by atoms with van der Waals surface area (Å²) < 4.78 is 5.50. The van der Waals surface area contributed by atoms with E-state index in [0.29, 0.717) is 19.4 Å². The maximum atomic E-state index is 12.5. The Bertz CT molecular complexity index is 1220. The number of esters is 1. The van der Waals surface area contributed by atoms with E-state index < -0.39 is 12.1 Å². The Balaban J connectivity index is 3.43. The molecule has 3 N–H and O–H groups in total. The van der Waals surface area contributed by atoms with Gasteiger partial charge in [-0.25, -0.2) is 0 Å². The summed E-state index contributed by atoms with van der Waals surface area (Å²) in [4.78, 5) is 24.6. The molecule has 0 bridgehead atoms. The number of allylic oxidation sites excluding steroid dienone is 3. The summed E-state index contributed by atoms with van der Waals surface area (Å²) >= 11 is 0. The number of carbonyl (C=O) groups is 2. The van der Waals surface area contributed by atoms with E-state index in [-0.39, 0.29) is 18.5 Å². The van der Waals surface area contributed by atoms with Crippen LogP contribution in [0.3, 0.4) is 0 Å². The molecule has 0 aromatic rings. The number of aliphatic hydroxyl groups excluding tert-OH is 2. The molecular weight excluding hydrogens is 959 g/mol. The largest absolute Gasteiger partial charge is 0.466 e. The maximum Gasteiger partial charge on any atom is 0.305 e. The van der Waals surface area contributed by atoms with Crippen LogP contribution >= 0.6 is 0 Å². The van der Waals surface area contributed by atoms with E-state index in [1.807, 2.05) is 6.08 Å². The molecule has 0 rings (SSSR count). The van der Waals surface area contributed by atoms with Crippen LogP contribution in [0.1, 0.15) is 399 Å². The Morgan fingerprint density at radius 3 is 0.910 bits per heavy atom. The highest BCUT2D eigenvalue weighted by Gasteiger charge is 2.18. The van der Waals surface area contributed by atoms with Crippen molar-refractivity contribution in [3.63, 3.8) is 0 Å². The van der Waals surface area contributed by atoms with Crippen molar-refractivity contribution in [2.45, 2.75) is 411 Å². The topological polar surface area (TPSA) is 95.9 Å². The molecule has 0 spiro atoms.